The van der Waals surface area contributed by atoms with Crippen LogP contribution in [0.5, 0.6) is 0 Å². The van der Waals surface area contributed by atoms with Crippen LogP contribution in [0.4, 0.5) is 0 Å². The standard InChI is InChI=1S/C42H32N2/c1-3-40-43-38-27-28(2)17-26-39(38)44(40)33-24-22-32(23-25-33)42-36-15-9-7-13-34(36)41(35-14-8-10-16-37(35)42)31-20-18-30(19-21-31)29-11-5-4-6-12-29/h4-27H,3H2,1-2H3. The highest BCUT2D eigenvalue weighted by Crippen LogP contribution is 2.44. The molecule has 0 aliphatic carbocycles. The third kappa shape index (κ3) is 4.30. The average molecular weight is 565 g/mol. The van der Waals surface area contributed by atoms with Crippen molar-refractivity contribution < 1.29 is 0 Å². The second-order valence-corrected chi connectivity index (χ2v) is 11.5. The number of aryl methyl sites for hydroxylation is 2. The molecule has 2 heteroatoms. The van der Waals surface area contributed by atoms with Gasteiger partial charge in [-0.15, -0.1) is 0 Å². The Morgan fingerprint density at radius 1 is 0.500 bits per heavy atom. The van der Waals surface area contributed by atoms with E-state index < -0.39 is 0 Å². The minimum atomic E-state index is 0.874. The lowest BCUT2D eigenvalue weighted by atomic mass is 9.85. The fraction of sp³-hybridized carbons (Fsp3) is 0.0714. The molecule has 0 saturated heterocycles. The van der Waals surface area contributed by atoms with E-state index in [-0.39, 0.29) is 0 Å². The summed E-state index contributed by atoms with van der Waals surface area (Å²) in [5, 5.41) is 5.06. The number of hydrogen-bond donors (Lipinski definition) is 0. The molecule has 0 bridgehead atoms. The molecule has 210 valence electrons. The van der Waals surface area contributed by atoms with E-state index in [1.54, 1.807) is 0 Å². The Bertz CT molecular complexity index is 2230. The van der Waals surface area contributed by atoms with Crippen molar-refractivity contribution in [3.63, 3.8) is 0 Å². The number of imidazole rings is 1. The lowest BCUT2D eigenvalue weighted by Crippen LogP contribution is -2.00. The highest BCUT2D eigenvalue weighted by Gasteiger charge is 2.17. The topological polar surface area (TPSA) is 17.8 Å². The number of benzene rings is 7. The van der Waals surface area contributed by atoms with Gasteiger partial charge in [0, 0.05) is 12.1 Å². The highest BCUT2D eigenvalue weighted by atomic mass is 15.1. The molecule has 0 spiro atoms. The van der Waals surface area contributed by atoms with Gasteiger partial charge in [-0.25, -0.2) is 4.98 Å². The third-order valence-electron chi connectivity index (χ3n) is 8.82. The minimum absolute atomic E-state index is 0.874. The lowest BCUT2D eigenvalue weighted by molar-refractivity contribution is 0.908. The first-order valence-corrected chi connectivity index (χ1v) is 15.4. The van der Waals surface area contributed by atoms with Crippen LogP contribution in [0.2, 0.25) is 0 Å². The zero-order chi connectivity index (χ0) is 29.6. The van der Waals surface area contributed by atoms with Crippen LogP contribution in [0.1, 0.15) is 18.3 Å². The van der Waals surface area contributed by atoms with Crippen LogP contribution < -0.4 is 0 Å². The SMILES string of the molecule is CCc1nc2cc(C)ccc2n1-c1ccc(-c2c3ccccc3c(-c3ccc(-c4ccccc4)cc3)c3ccccc23)cc1. The van der Waals surface area contributed by atoms with E-state index in [9.17, 15) is 0 Å². The summed E-state index contributed by atoms with van der Waals surface area (Å²) >= 11 is 0. The molecule has 0 fully saturated rings. The molecule has 0 amide bonds. The first-order chi connectivity index (χ1) is 21.7. The van der Waals surface area contributed by atoms with Crippen LogP contribution in [-0.4, -0.2) is 9.55 Å². The molecular weight excluding hydrogens is 532 g/mol. The monoisotopic (exact) mass is 564 g/mol. The molecule has 1 heterocycles. The molecule has 0 radical (unpaired) electrons. The summed E-state index contributed by atoms with van der Waals surface area (Å²) in [6, 6.07) is 52.9. The van der Waals surface area contributed by atoms with Gasteiger partial charge in [-0.1, -0.05) is 128 Å². The predicted molar refractivity (Wildman–Crippen MR) is 187 cm³/mol. The van der Waals surface area contributed by atoms with Crippen LogP contribution in [0, 0.1) is 6.92 Å². The van der Waals surface area contributed by atoms with E-state index in [4.69, 9.17) is 4.98 Å². The Labute approximate surface area is 257 Å². The van der Waals surface area contributed by atoms with Crippen LogP contribution >= 0.6 is 0 Å². The fourth-order valence-electron chi connectivity index (χ4n) is 6.75. The maximum atomic E-state index is 4.95. The van der Waals surface area contributed by atoms with Gasteiger partial charge in [-0.2, -0.15) is 0 Å². The molecule has 1 aromatic heterocycles. The normalized spacial score (nSPS) is 11.5. The van der Waals surface area contributed by atoms with E-state index in [1.165, 1.54) is 60.5 Å². The summed E-state index contributed by atoms with van der Waals surface area (Å²) in [4.78, 5) is 4.95. The van der Waals surface area contributed by atoms with E-state index in [2.05, 4.69) is 164 Å². The Balaban J connectivity index is 1.29. The Kier molecular flexibility index (Phi) is 6.34. The summed E-state index contributed by atoms with van der Waals surface area (Å²) < 4.78 is 2.30. The zero-order valence-electron chi connectivity index (χ0n) is 25.0. The molecule has 8 aromatic rings. The van der Waals surface area contributed by atoms with Gasteiger partial charge in [0.1, 0.15) is 5.82 Å². The third-order valence-corrected chi connectivity index (χ3v) is 8.82. The van der Waals surface area contributed by atoms with Crippen molar-refractivity contribution in [3.8, 4) is 39.1 Å². The van der Waals surface area contributed by atoms with Gasteiger partial charge in [-0.05, 0) is 91.7 Å². The van der Waals surface area contributed by atoms with Gasteiger partial charge in [-0.3, -0.25) is 4.57 Å². The fourth-order valence-corrected chi connectivity index (χ4v) is 6.75. The van der Waals surface area contributed by atoms with Crippen LogP contribution in [0.15, 0.2) is 146 Å². The molecule has 0 unspecified atom stereocenters. The average Bonchev–Trinajstić information content (AvgIpc) is 3.45. The van der Waals surface area contributed by atoms with E-state index in [0.29, 0.717) is 0 Å². The zero-order valence-corrected chi connectivity index (χ0v) is 25.0. The van der Waals surface area contributed by atoms with Crippen molar-refractivity contribution in [2.75, 3.05) is 0 Å². The van der Waals surface area contributed by atoms with Crippen molar-refractivity contribution in [1.82, 2.24) is 9.55 Å². The van der Waals surface area contributed by atoms with Crippen molar-refractivity contribution >= 4 is 32.6 Å². The molecule has 0 atom stereocenters. The highest BCUT2D eigenvalue weighted by molar-refractivity contribution is 6.21. The van der Waals surface area contributed by atoms with Gasteiger partial charge in [0.05, 0.1) is 11.0 Å². The summed E-state index contributed by atoms with van der Waals surface area (Å²) in [6.45, 7) is 4.30. The predicted octanol–water partition coefficient (Wildman–Crippen LogP) is 11.2. The van der Waals surface area contributed by atoms with Crippen molar-refractivity contribution in [2.45, 2.75) is 20.3 Å². The lowest BCUT2D eigenvalue weighted by Gasteiger charge is -2.18. The van der Waals surface area contributed by atoms with Crippen LogP contribution in [0.3, 0.4) is 0 Å². The Hall–Kier alpha value is -5.47. The van der Waals surface area contributed by atoms with Gasteiger partial charge in [0.2, 0.25) is 0 Å². The van der Waals surface area contributed by atoms with E-state index in [0.717, 1.165) is 29.0 Å². The Morgan fingerprint density at radius 3 is 1.52 bits per heavy atom. The smallest absolute Gasteiger partial charge is 0.114 e. The quantitative estimate of drug-likeness (QED) is 0.190. The number of nitrogens with zero attached hydrogens (tertiary/aromatic N) is 2. The number of rotatable bonds is 5. The molecule has 0 N–H and O–H groups in total. The molecule has 8 rings (SSSR count). The summed E-state index contributed by atoms with van der Waals surface area (Å²) in [6.07, 6.45) is 0.874. The maximum Gasteiger partial charge on any atom is 0.114 e. The molecule has 44 heavy (non-hydrogen) atoms. The minimum Gasteiger partial charge on any atom is -0.296 e. The van der Waals surface area contributed by atoms with E-state index in [1.807, 2.05) is 0 Å². The maximum absolute atomic E-state index is 4.95. The summed E-state index contributed by atoms with van der Waals surface area (Å²) in [5.74, 6) is 1.08. The molecule has 2 nitrogen and oxygen atoms in total. The molecule has 0 saturated carbocycles. The number of hydrogen-bond acceptors (Lipinski definition) is 1. The molecule has 0 aliphatic heterocycles. The largest absolute Gasteiger partial charge is 0.296 e. The number of fused-ring (bicyclic) bond motifs is 3. The number of aromatic nitrogens is 2. The summed E-state index contributed by atoms with van der Waals surface area (Å²) in [5.41, 5.74) is 12.0. The van der Waals surface area contributed by atoms with E-state index >= 15 is 0 Å². The molecule has 7 aromatic carbocycles. The first-order valence-electron chi connectivity index (χ1n) is 15.4. The van der Waals surface area contributed by atoms with Gasteiger partial charge in [0.15, 0.2) is 0 Å². The molecule has 0 aliphatic rings. The van der Waals surface area contributed by atoms with Crippen LogP contribution in [0.25, 0.3) is 71.6 Å². The van der Waals surface area contributed by atoms with Gasteiger partial charge in [0.25, 0.3) is 0 Å². The van der Waals surface area contributed by atoms with Crippen molar-refractivity contribution in [1.29, 1.82) is 0 Å². The Morgan fingerprint density at radius 2 is 0.977 bits per heavy atom. The van der Waals surface area contributed by atoms with Crippen molar-refractivity contribution in [2.24, 2.45) is 0 Å². The first kappa shape index (κ1) is 26.2. The second kappa shape index (κ2) is 10.7. The molecular formula is C42H32N2. The van der Waals surface area contributed by atoms with Gasteiger partial charge < -0.3 is 0 Å². The second-order valence-electron chi connectivity index (χ2n) is 11.5. The van der Waals surface area contributed by atoms with Gasteiger partial charge >= 0.3 is 0 Å². The van der Waals surface area contributed by atoms with Crippen molar-refractivity contribution in [3.05, 3.63) is 157 Å². The summed E-state index contributed by atoms with van der Waals surface area (Å²) in [7, 11) is 0. The van der Waals surface area contributed by atoms with Crippen LogP contribution in [-0.2, 0) is 6.42 Å².